The molecule has 0 aromatic heterocycles. The molecule has 1 heteroatoms. The molecule has 6 atom stereocenters. The van der Waals surface area contributed by atoms with Gasteiger partial charge in [-0.15, -0.1) is 0 Å². The van der Waals surface area contributed by atoms with E-state index in [0.29, 0.717) is 16.7 Å². The fraction of sp³-hybridized carbons (Fsp3) is 0.789. The first-order valence-corrected chi connectivity index (χ1v) is 8.44. The lowest BCUT2D eigenvalue weighted by Crippen LogP contribution is -2.40. The summed E-state index contributed by atoms with van der Waals surface area (Å²) >= 11 is 0. The van der Waals surface area contributed by atoms with Gasteiger partial charge in [-0.1, -0.05) is 31.6 Å². The first kappa shape index (κ1) is 13.1. The summed E-state index contributed by atoms with van der Waals surface area (Å²) in [6.07, 6.45) is 7.08. The van der Waals surface area contributed by atoms with E-state index < -0.39 is 0 Å². The maximum absolute atomic E-state index is 10.2. The number of hydrogen-bond donors (Lipinski definition) is 1. The second-order valence-electron chi connectivity index (χ2n) is 8.53. The van der Waals surface area contributed by atoms with Gasteiger partial charge in [-0.05, 0) is 79.6 Å². The van der Waals surface area contributed by atoms with Gasteiger partial charge in [0.05, 0.1) is 6.10 Å². The second kappa shape index (κ2) is 3.80. The van der Waals surface area contributed by atoms with Gasteiger partial charge in [0.2, 0.25) is 0 Å². The zero-order valence-electron chi connectivity index (χ0n) is 13.2. The number of allylic oxidation sites excluding steroid dienone is 2. The van der Waals surface area contributed by atoms with E-state index in [1.54, 1.807) is 5.57 Å². The highest BCUT2D eigenvalue weighted by molar-refractivity contribution is 5.40. The molecule has 1 unspecified atom stereocenters. The summed E-state index contributed by atoms with van der Waals surface area (Å²) in [5, 5.41) is 10.2. The molecular formula is C19H28O. The quantitative estimate of drug-likeness (QED) is 0.645. The van der Waals surface area contributed by atoms with Crippen LogP contribution in [0, 0.1) is 28.6 Å². The molecule has 0 aliphatic heterocycles. The van der Waals surface area contributed by atoms with Crippen molar-refractivity contribution in [3.8, 4) is 0 Å². The molecule has 0 spiro atoms. The molecule has 0 bridgehead atoms. The van der Waals surface area contributed by atoms with Crippen LogP contribution < -0.4 is 0 Å². The van der Waals surface area contributed by atoms with Gasteiger partial charge in [0, 0.05) is 0 Å². The lowest BCUT2D eigenvalue weighted by Gasteiger charge is -2.47. The van der Waals surface area contributed by atoms with Gasteiger partial charge < -0.3 is 5.11 Å². The van der Waals surface area contributed by atoms with Crippen molar-refractivity contribution < 1.29 is 5.11 Å². The van der Waals surface area contributed by atoms with Crippen molar-refractivity contribution in [1.29, 1.82) is 0 Å². The molecule has 0 radical (unpaired) electrons. The van der Waals surface area contributed by atoms with E-state index >= 15 is 0 Å². The summed E-state index contributed by atoms with van der Waals surface area (Å²) in [6, 6.07) is 0. The van der Waals surface area contributed by atoms with Crippen molar-refractivity contribution in [1.82, 2.24) is 0 Å². The maximum Gasteiger partial charge on any atom is 0.0750 e. The van der Waals surface area contributed by atoms with E-state index in [9.17, 15) is 5.11 Å². The second-order valence-corrected chi connectivity index (χ2v) is 8.53. The van der Waals surface area contributed by atoms with Crippen LogP contribution in [0.1, 0.15) is 59.3 Å². The van der Waals surface area contributed by atoms with Gasteiger partial charge in [0.1, 0.15) is 0 Å². The summed E-state index contributed by atoms with van der Waals surface area (Å²) < 4.78 is 0. The predicted molar refractivity (Wildman–Crippen MR) is 82.2 cm³/mol. The molecule has 4 aliphatic carbocycles. The van der Waals surface area contributed by atoms with E-state index in [1.165, 1.54) is 32.1 Å². The van der Waals surface area contributed by atoms with Crippen LogP contribution in [0.5, 0.6) is 0 Å². The Morgan fingerprint density at radius 2 is 1.95 bits per heavy atom. The zero-order valence-corrected chi connectivity index (χ0v) is 13.2. The molecule has 0 heterocycles. The Morgan fingerprint density at radius 3 is 2.70 bits per heavy atom. The minimum Gasteiger partial charge on any atom is -0.389 e. The van der Waals surface area contributed by atoms with Crippen LogP contribution in [0.2, 0.25) is 0 Å². The molecule has 4 rings (SSSR count). The maximum atomic E-state index is 10.2. The zero-order chi connectivity index (χ0) is 14.3. The number of aliphatic hydroxyl groups is 1. The Balaban J connectivity index is 1.71. The van der Waals surface area contributed by atoms with E-state index in [1.807, 2.05) is 5.57 Å². The van der Waals surface area contributed by atoms with Gasteiger partial charge >= 0.3 is 0 Å². The van der Waals surface area contributed by atoms with Gasteiger partial charge in [-0.3, -0.25) is 0 Å². The highest BCUT2D eigenvalue weighted by atomic mass is 16.3. The predicted octanol–water partition coefficient (Wildman–Crippen LogP) is 4.48. The molecule has 1 nitrogen and oxygen atoms in total. The fourth-order valence-electron chi connectivity index (χ4n) is 6.21. The third-order valence-electron chi connectivity index (χ3n) is 7.75. The lowest BCUT2D eigenvalue weighted by molar-refractivity contribution is 0.0555. The average molecular weight is 272 g/mol. The van der Waals surface area contributed by atoms with Crippen molar-refractivity contribution in [2.75, 3.05) is 0 Å². The van der Waals surface area contributed by atoms with Gasteiger partial charge in [0.25, 0.3) is 0 Å². The first-order valence-electron chi connectivity index (χ1n) is 8.44. The summed E-state index contributed by atoms with van der Waals surface area (Å²) in [5.74, 6) is 2.33. The molecule has 3 saturated carbocycles. The van der Waals surface area contributed by atoms with Crippen molar-refractivity contribution in [3.05, 3.63) is 23.3 Å². The number of fused-ring (bicyclic) bond motifs is 2. The summed E-state index contributed by atoms with van der Waals surface area (Å²) in [7, 11) is 0. The lowest BCUT2D eigenvalue weighted by atomic mass is 9.59. The van der Waals surface area contributed by atoms with Crippen LogP contribution in [-0.2, 0) is 0 Å². The smallest absolute Gasteiger partial charge is 0.0750 e. The van der Waals surface area contributed by atoms with Gasteiger partial charge in [0.15, 0.2) is 0 Å². The van der Waals surface area contributed by atoms with Crippen molar-refractivity contribution in [2.24, 2.45) is 28.6 Å². The van der Waals surface area contributed by atoms with Crippen molar-refractivity contribution in [2.45, 2.75) is 65.4 Å². The van der Waals surface area contributed by atoms with E-state index in [0.717, 1.165) is 23.8 Å². The largest absolute Gasteiger partial charge is 0.389 e. The van der Waals surface area contributed by atoms with Crippen LogP contribution in [0.25, 0.3) is 0 Å². The number of hydrogen-bond acceptors (Lipinski definition) is 1. The Bertz CT molecular complexity index is 516. The molecule has 1 N–H and O–H groups in total. The minimum absolute atomic E-state index is 0.240. The molecule has 0 saturated heterocycles. The minimum atomic E-state index is -0.240. The Labute approximate surface area is 123 Å². The van der Waals surface area contributed by atoms with Crippen LogP contribution in [-0.4, -0.2) is 11.2 Å². The molecule has 0 aromatic rings. The molecule has 110 valence electrons. The molecule has 4 aliphatic rings. The van der Waals surface area contributed by atoms with Crippen LogP contribution >= 0.6 is 0 Å². The number of rotatable bonds is 0. The van der Waals surface area contributed by atoms with Gasteiger partial charge in [-0.2, -0.15) is 0 Å². The van der Waals surface area contributed by atoms with Crippen LogP contribution in [0.15, 0.2) is 23.3 Å². The molecule has 20 heavy (non-hydrogen) atoms. The Kier molecular flexibility index (Phi) is 2.49. The Morgan fingerprint density at radius 1 is 1.20 bits per heavy atom. The Hall–Kier alpha value is -0.560. The van der Waals surface area contributed by atoms with E-state index in [4.69, 9.17) is 0 Å². The summed E-state index contributed by atoms with van der Waals surface area (Å²) in [5.41, 5.74) is 5.56. The topological polar surface area (TPSA) is 20.2 Å². The fourth-order valence-corrected chi connectivity index (χ4v) is 6.21. The van der Waals surface area contributed by atoms with Crippen molar-refractivity contribution >= 4 is 0 Å². The normalized spacial score (nSPS) is 54.1. The highest BCUT2D eigenvalue weighted by Crippen LogP contribution is 2.75. The molecular weight excluding hydrogens is 244 g/mol. The van der Waals surface area contributed by atoms with Gasteiger partial charge in [-0.25, -0.2) is 0 Å². The molecule has 0 amide bonds. The molecule has 0 aromatic carbocycles. The van der Waals surface area contributed by atoms with Crippen LogP contribution in [0.4, 0.5) is 0 Å². The summed E-state index contributed by atoms with van der Waals surface area (Å²) in [6.45, 7) is 11.6. The monoisotopic (exact) mass is 272 g/mol. The summed E-state index contributed by atoms with van der Waals surface area (Å²) in [4.78, 5) is 0. The average Bonchev–Trinajstić information content (AvgIpc) is 2.82. The standard InChI is InChI=1S/C19H28O/c1-11-9-15-16-10-14-12(2)17(20)6-8-18(14,3)7-5-13(11)19(15,16)4/h14-17,20H,2,5-10H2,1,3-4H3/t14-,15?,16-,17+,18-,19+/m1/s1. The SMILES string of the molecule is C=C1[C@H]2C[C@@H]3C4CC(C)=C(CC[C@]2(C)CC[C@@H]1O)[C@@]43C. The first-order chi connectivity index (χ1) is 9.38. The number of aliphatic hydroxyl groups excluding tert-OH is 1. The molecule has 3 fully saturated rings. The third kappa shape index (κ3) is 1.43. The highest BCUT2D eigenvalue weighted by Gasteiger charge is 2.67. The third-order valence-corrected chi connectivity index (χ3v) is 7.75. The van der Waals surface area contributed by atoms with Crippen LogP contribution in [0.3, 0.4) is 0 Å². The van der Waals surface area contributed by atoms with Crippen molar-refractivity contribution in [3.63, 3.8) is 0 Å². The van der Waals surface area contributed by atoms with E-state index in [2.05, 4.69) is 27.4 Å². The van der Waals surface area contributed by atoms with E-state index in [-0.39, 0.29) is 6.10 Å².